The van der Waals surface area contributed by atoms with Crippen molar-refractivity contribution in [1.29, 1.82) is 0 Å². The molecule has 0 amide bonds. The summed E-state index contributed by atoms with van der Waals surface area (Å²) >= 11 is 1.13. The molecule has 2 heterocycles. The molecule has 68 valence electrons. The van der Waals surface area contributed by atoms with Gasteiger partial charge in [-0.1, -0.05) is 0 Å². The number of nitrogens with two attached hydrogens (primary N) is 1. The first-order valence-electron chi connectivity index (χ1n) is 3.66. The first kappa shape index (κ1) is 8.27. The highest BCUT2D eigenvalue weighted by Crippen LogP contribution is 2.14. The summed E-state index contributed by atoms with van der Waals surface area (Å²) in [5.74, 6) is 0.688. The first-order valence-corrected chi connectivity index (χ1v) is 4.39. The molecule has 0 spiro atoms. The van der Waals surface area contributed by atoms with Gasteiger partial charge in [0.25, 0.3) is 0 Å². The quantitative estimate of drug-likeness (QED) is 0.714. The molecular formula is C6H8N6S. The standard InChI is InChI=1S/C6H8N6S/c1-12-3-8-10-6(12)5(7)4-2-9-13-11-4/h2-3,5H,7H2,1H3. The van der Waals surface area contributed by atoms with Crippen LogP contribution in [0.2, 0.25) is 0 Å². The van der Waals surface area contributed by atoms with E-state index in [0.717, 1.165) is 17.4 Å². The largest absolute Gasteiger partial charge is 0.319 e. The molecule has 0 saturated carbocycles. The van der Waals surface area contributed by atoms with Crippen molar-refractivity contribution in [1.82, 2.24) is 23.5 Å². The van der Waals surface area contributed by atoms with Crippen LogP contribution in [0.5, 0.6) is 0 Å². The lowest BCUT2D eigenvalue weighted by Crippen LogP contribution is -2.16. The number of nitrogens with zero attached hydrogens (tertiary/aromatic N) is 5. The molecule has 0 aromatic carbocycles. The molecule has 13 heavy (non-hydrogen) atoms. The van der Waals surface area contributed by atoms with Gasteiger partial charge in [-0.15, -0.1) is 10.2 Å². The number of hydrogen-bond acceptors (Lipinski definition) is 6. The summed E-state index contributed by atoms with van der Waals surface area (Å²) in [5.41, 5.74) is 6.61. The maximum absolute atomic E-state index is 5.89. The zero-order valence-electron chi connectivity index (χ0n) is 6.95. The zero-order chi connectivity index (χ0) is 9.26. The fourth-order valence-electron chi connectivity index (χ4n) is 1.01. The summed E-state index contributed by atoms with van der Waals surface area (Å²) < 4.78 is 9.68. The van der Waals surface area contributed by atoms with Gasteiger partial charge in [-0.25, -0.2) is 0 Å². The Balaban J connectivity index is 2.33. The van der Waals surface area contributed by atoms with Crippen LogP contribution in [-0.2, 0) is 7.05 Å². The third-order valence-corrected chi connectivity index (χ3v) is 2.21. The molecule has 7 heteroatoms. The van der Waals surface area contributed by atoms with Gasteiger partial charge in [0.1, 0.15) is 12.4 Å². The van der Waals surface area contributed by atoms with Gasteiger partial charge in [0.05, 0.1) is 23.6 Å². The van der Waals surface area contributed by atoms with Gasteiger partial charge in [0.15, 0.2) is 5.82 Å². The Morgan fingerprint density at radius 3 is 3.00 bits per heavy atom. The summed E-state index contributed by atoms with van der Waals surface area (Å²) in [6.07, 6.45) is 3.25. The molecule has 1 unspecified atom stereocenters. The predicted octanol–water partition coefficient (Wildman–Crippen LogP) is -0.285. The Labute approximate surface area is 78.7 Å². The van der Waals surface area contributed by atoms with Gasteiger partial charge in [-0.05, 0) is 0 Å². The van der Waals surface area contributed by atoms with Gasteiger partial charge >= 0.3 is 0 Å². The predicted molar refractivity (Wildman–Crippen MR) is 46.9 cm³/mol. The number of hydrogen-bond donors (Lipinski definition) is 1. The fraction of sp³-hybridized carbons (Fsp3) is 0.333. The molecule has 0 aliphatic rings. The number of rotatable bonds is 2. The molecule has 0 aliphatic heterocycles. The third-order valence-electron chi connectivity index (χ3n) is 1.72. The van der Waals surface area contributed by atoms with E-state index in [2.05, 4.69) is 18.9 Å². The van der Waals surface area contributed by atoms with Crippen LogP contribution in [0.25, 0.3) is 0 Å². The average molecular weight is 196 g/mol. The van der Waals surface area contributed by atoms with Crippen LogP contribution in [0.4, 0.5) is 0 Å². The zero-order valence-corrected chi connectivity index (χ0v) is 7.77. The van der Waals surface area contributed by atoms with Crippen molar-refractivity contribution in [3.05, 3.63) is 24.0 Å². The minimum Gasteiger partial charge on any atom is -0.319 e. The molecule has 2 N–H and O–H groups in total. The average Bonchev–Trinajstić information content (AvgIpc) is 2.72. The van der Waals surface area contributed by atoms with Gasteiger partial charge in [0.2, 0.25) is 0 Å². The lowest BCUT2D eigenvalue weighted by atomic mass is 10.2. The summed E-state index contributed by atoms with van der Waals surface area (Å²) in [6, 6.07) is -0.341. The van der Waals surface area contributed by atoms with E-state index in [4.69, 9.17) is 5.73 Å². The molecular weight excluding hydrogens is 188 g/mol. The number of aryl methyl sites for hydroxylation is 1. The highest BCUT2D eigenvalue weighted by Gasteiger charge is 2.16. The maximum Gasteiger partial charge on any atom is 0.155 e. The topological polar surface area (TPSA) is 82.5 Å². The lowest BCUT2D eigenvalue weighted by molar-refractivity contribution is 0.703. The van der Waals surface area contributed by atoms with E-state index in [1.807, 2.05) is 7.05 Å². The summed E-state index contributed by atoms with van der Waals surface area (Å²) in [4.78, 5) is 0. The van der Waals surface area contributed by atoms with Crippen molar-refractivity contribution in [3.63, 3.8) is 0 Å². The lowest BCUT2D eigenvalue weighted by Gasteiger charge is -2.05. The van der Waals surface area contributed by atoms with Crippen molar-refractivity contribution in [2.75, 3.05) is 0 Å². The van der Waals surface area contributed by atoms with Crippen molar-refractivity contribution >= 4 is 11.7 Å². The summed E-state index contributed by atoms with van der Waals surface area (Å²) in [5, 5.41) is 7.64. The van der Waals surface area contributed by atoms with E-state index in [-0.39, 0.29) is 6.04 Å². The van der Waals surface area contributed by atoms with Crippen LogP contribution in [0.1, 0.15) is 17.6 Å². The minimum atomic E-state index is -0.341. The van der Waals surface area contributed by atoms with Crippen molar-refractivity contribution in [3.8, 4) is 0 Å². The Morgan fingerprint density at radius 2 is 2.46 bits per heavy atom. The molecule has 1 atom stereocenters. The van der Waals surface area contributed by atoms with Crippen LogP contribution in [0.15, 0.2) is 12.5 Å². The Hall–Kier alpha value is -1.34. The van der Waals surface area contributed by atoms with Crippen LogP contribution in [-0.4, -0.2) is 23.5 Å². The smallest absolute Gasteiger partial charge is 0.155 e. The van der Waals surface area contributed by atoms with Gasteiger partial charge < -0.3 is 10.3 Å². The van der Waals surface area contributed by atoms with Gasteiger partial charge in [-0.3, -0.25) is 0 Å². The number of aromatic nitrogens is 5. The molecule has 2 aromatic rings. The van der Waals surface area contributed by atoms with Crippen LogP contribution in [0, 0.1) is 0 Å². The second-order valence-corrected chi connectivity index (χ2v) is 3.17. The van der Waals surface area contributed by atoms with Crippen molar-refractivity contribution < 1.29 is 0 Å². The molecule has 6 nitrogen and oxygen atoms in total. The van der Waals surface area contributed by atoms with E-state index in [9.17, 15) is 0 Å². The molecule has 2 rings (SSSR count). The van der Waals surface area contributed by atoms with Crippen LogP contribution >= 0.6 is 11.7 Å². The highest BCUT2D eigenvalue weighted by atomic mass is 32.1. The van der Waals surface area contributed by atoms with E-state index < -0.39 is 0 Å². The Kier molecular flexibility index (Phi) is 2.03. The normalized spacial score (nSPS) is 13.1. The second-order valence-electron chi connectivity index (χ2n) is 2.61. The van der Waals surface area contributed by atoms with E-state index in [1.165, 1.54) is 0 Å². The van der Waals surface area contributed by atoms with E-state index >= 15 is 0 Å². The monoisotopic (exact) mass is 196 g/mol. The second kappa shape index (κ2) is 3.19. The van der Waals surface area contributed by atoms with E-state index in [0.29, 0.717) is 5.82 Å². The SMILES string of the molecule is Cn1cnnc1C(N)c1cnsn1. The van der Waals surface area contributed by atoms with Crippen LogP contribution < -0.4 is 5.73 Å². The van der Waals surface area contributed by atoms with Crippen molar-refractivity contribution in [2.24, 2.45) is 12.8 Å². The molecule has 0 aliphatic carbocycles. The van der Waals surface area contributed by atoms with Gasteiger partial charge in [0, 0.05) is 7.05 Å². The molecule has 2 aromatic heterocycles. The van der Waals surface area contributed by atoms with E-state index in [1.54, 1.807) is 17.1 Å². The fourth-order valence-corrected chi connectivity index (χ4v) is 1.47. The molecule has 0 saturated heterocycles. The summed E-state index contributed by atoms with van der Waals surface area (Å²) in [7, 11) is 1.84. The Bertz CT molecular complexity index is 379. The van der Waals surface area contributed by atoms with Crippen molar-refractivity contribution in [2.45, 2.75) is 6.04 Å². The Morgan fingerprint density at radius 1 is 1.62 bits per heavy atom. The first-order chi connectivity index (χ1) is 6.29. The molecule has 0 fully saturated rings. The highest BCUT2D eigenvalue weighted by molar-refractivity contribution is 6.99. The third kappa shape index (κ3) is 1.43. The molecule has 0 bridgehead atoms. The van der Waals surface area contributed by atoms with Gasteiger partial charge in [-0.2, -0.15) is 8.75 Å². The maximum atomic E-state index is 5.89. The van der Waals surface area contributed by atoms with Crippen LogP contribution in [0.3, 0.4) is 0 Å². The minimum absolute atomic E-state index is 0.341. The molecule has 0 radical (unpaired) electrons. The summed E-state index contributed by atoms with van der Waals surface area (Å²) in [6.45, 7) is 0.